The monoisotopic (exact) mass is 936 g/mol. The smallest absolute Gasteiger partial charge is 0.129 e. The van der Waals surface area contributed by atoms with E-state index in [1.807, 2.05) is 0 Å². The standard InChI is InChI=1S/C55H49BrN4Si.Zn/c1-32-28-34(3)50(35(4)29-32)54-46-22-18-42(57-46)52(39-12-10-38(11-13-39)26-27-61(7,8)9)43-19-23-47(58-43)55(51-36(5)30-33(2)31-37(51)6)49-25-21-45(60-49)53(44-20-24-48(54)59-44)40-14-16-41(56)17-15-40;/h10-25,28-31,57,60H,1-9H3;. The first-order valence-electron chi connectivity index (χ1n) is 20.9. The van der Waals surface area contributed by atoms with Crippen LogP contribution in [0, 0.1) is 53.0 Å². The van der Waals surface area contributed by atoms with E-state index in [2.05, 4.69) is 220 Å². The van der Waals surface area contributed by atoms with Crippen LogP contribution >= 0.6 is 15.9 Å². The summed E-state index contributed by atoms with van der Waals surface area (Å²) in [5.74, 6) is 3.45. The predicted octanol–water partition coefficient (Wildman–Crippen LogP) is 15.2. The number of aromatic amines is 2. The SMILES string of the molecule is Cc1cc(C)c(-c2c3nc(c(-c4ccc(C#C[Si](C)(C)C)cc4)c4ccc([nH]4)c(-c4c(C)cc(C)cc4C)c4nc(c(-c5ccc(Br)cc5)c5ccc2[nH]5)C=C4)C=C3)c(C)c1.[Zn]. The van der Waals surface area contributed by atoms with Gasteiger partial charge in [0.1, 0.15) is 8.07 Å². The number of hydrogen-bond donors (Lipinski definition) is 2. The van der Waals surface area contributed by atoms with E-state index in [-0.39, 0.29) is 19.5 Å². The van der Waals surface area contributed by atoms with Gasteiger partial charge in [-0.1, -0.05) is 101 Å². The van der Waals surface area contributed by atoms with Gasteiger partial charge < -0.3 is 9.97 Å². The molecule has 9 rings (SSSR count). The average Bonchev–Trinajstić information content (AvgIpc) is 4.04. The maximum Gasteiger partial charge on any atom is 0.129 e. The maximum atomic E-state index is 5.56. The van der Waals surface area contributed by atoms with Crippen LogP contribution in [0.4, 0.5) is 0 Å². The van der Waals surface area contributed by atoms with Gasteiger partial charge in [-0.15, -0.1) is 5.54 Å². The van der Waals surface area contributed by atoms with Crippen molar-refractivity contribution in [2.24, 2.45) is 0 Å². The number of H-pyrrole nitrogens is 2. The van der Waals surface area contributed by atoms with Crippen LogP contribution in [0.2, 0.25) is 19.6 Å². The summed E-state index contributed by atoms with van der Waals surface area (Å²) in [6.45, 7) is 20.0. The van der Waals surface area contributed by atoms with Gasteiger partial charge in [0.2, 0.25) is 0 Å². The molecule has 4 nitrogen and oxygen atoms in total. The van der Waals surface area contributed by atoms with Crippen LogP contribution < -0.4 is 0 Å². The minimum absolute atomic E-state index is 0. The molecular weight excluding hydrogens is 890 g/mol. The van der Waals surface area contributed by atoms with Crippen molar-refractivity contribution in [1.29, 1.82) is 0 Å². The van der Waals surface area contributed by atoms with Crippen molar-refractivity contribution in [2.75, 3.05) is 0 Å². The first-order valence-corrected chi connectivity index (χ1v) is 25.2. The van der Waals surface area contributed by atoms with Crippen molar-refractivity contribution in [2.45, 2.75) is 61.2 Å². The molecule has 302 valence electrons. The van der Waals surface area contributed by atoms with Crippen molar-refractivity contribution in [3.8, 4) is 56.0 Å². The third-order valence-electron chi connectivity index (χ3n) is 11.5. The van der Waals surface area contributed by atoms with Crippen LogP contribution in [-0.4, -0.2) is 28.0 Å². The van der Waals surface area contributed by atoms with Crippen molar-refractivity contribution < 1.29 is 19.5 Å². The molecule has 62 heavy (non-hydrogen) atoms. The second kappa shape index (κ2) is 16.9. The van der Waals surface area contributed by atoms with E-state index in [9.17, 15) is 0 Å². The fourth-order valence-electron chi connectivity index (χ4n) is 9.08. The summed E-state index contributed by atoms with van der Waals surface area (Å²) in [6.07, 6.45) is 8.70. The van der Waals surface area contributed by atoms with Crippen LogP contribution in [0.5, 0.6) is 0 Å². The minimum Gasteiger partial charge on any atom is -0.354 e. The molecule has 2 aliphatic heterocycles. The van der Waals surface area contributed by atoms with Gasteiger partial charge in [-0.05, 0) is 159 Å². The number of aryl methyl sites for hydroxylation is 6. The van der Waals surface area contributed by atoms with Gasteiger partial charge in [0.15, 0.2) is 0 Å². The molecule has 0 saturated carbocycles. The van der Waals surface area contributed by atoms with Crippen LogP contribution in [-0.2, 0) is 19.5 Å². The Morgan fingerprint density at radius 3 is 1.16 bits per heavy atom. The van der Waals surface area contributed by atoms with Gasteiger partial charge in [0.25, 0.3) is 0 Å². The Balaban J connectivity index is 0.00000529. The van der Waals surface area contributed by atoms with E-state index >= 15 is 0 Å². The van der Waals surface area contributed by atoms with E-state index in [1.54, 1.807) is 0 Å². The van der Waals surface area contributed by atoms with E-state index in [0.29, 0.717) is 0 Å². The van der Waals surface area contributed by atoms with E-state index in [4.69, 9.17) is 9.97 Å². The van der Waals surface area contributed by atoms with Gasteiger partial charge in [-0.3, -0.25) is 0 Å². The largest absolute Gasteiger partial charge is 0.354 e. The van der Waals surface area contributed by atoms with Crippen LogP contribution in [0.3, 0.4) is 0 Å². The summed E-state index contributed by atoms with van der Waals surface area (Å²) in [6, 6.07) is 35.1. The zero-order valence-corrected chi connectivity index (χ0v) is 42.6. The number of nitrogens with zero attached hydrogens (tertiary/aromatic N) is 2. The molecule has 0 fully saturated rings. The number of halogens is 1. The molecule has 4 aromatic carbocycles. The minimum atomic E-state index is -1.54. The van der Waals surface area contributed by atoms with Crippen molar-refractivity contribution >= 4 is 70.4 Å². The van der Waals surface area contributed by atoms with Crippen molar-refractivity contribution in [3.63, 3.8) is 0 Å². The predicted molar refractivity (Wildman–Crippen MR) is 267 cm³/mol. The molecular formula is C55H49BrN4SiZn. The first kappa shape index (κ1) is 43.0. The van der Waals surface area contributed by atoms with Crippen LogP contribution in [0.25, 0.3) is 90.9 Å². The number of benzene rings is 4. The Hall–Kier alpha value is -5.64. The fourth-order valence-corrected chi connectivity index (χ4v) is 9.87. The average molecular weight is 939 g/mol. The van der Waals surface area contributed by atoms with Crippen LogP contribution in [0.15, 0.2) is 102 Å². The van der Waals surface area contributed by atoms with Gasteiger partial charge in [-0.2, -0.15) is 0 Å². The summed E-state index contributed by atoms with van der Waals surface area (Å²) >= 11 is 3.68. The van der Waals surface area contributed by atoms with E-state index in [1.165, 1.54) is 44.5 Å². The second-order valence-corrected chi connectivity index (χ2v) is 23.3. The van der Waals surface area contributed by atoms with Gasteiger partial charge >= 0.3 is 0 Å². The Morgan fingerprint density at radius 2 is 0.790 bits per heavy atom. The Labute approximate surface area is 387 Å². The molecule has 0 radical (unpaired) electrons. The number of fused-ring (bicyclic) bond motifs is 8. The van der Waals surface area contributed by atoms with Crippen LogP contribution in [0.1, 0.15) is 61.7 Å². The number of aromatic nitrogens is 4. The number of hydrogen-bond acceptors (Lipinski definition) is 2. The molecule has 7 heteroatoms. The van der Waals surface area contributed by atoms with Crippen molar-refractivity contribution in [3.05, 3.63) is 163 Å². The van der Waals surface area contributed by atoms with Gasteiger partial charge in [-0.25, -0.2) is 9.97 Å². The molecule has 0 saturated heterocycles. The zero-order chi connectivity index (χ0) is 42.7. The second-order valence-electron chi connectivity index (χ2n) is 17.6. The third-order valence-corrected chi connectivity index (χ3v) is 12.9. The molecule has 0 amide bonds. The first-order chi connectivity index (χ1) is 29.2. The molecule has 7 aromatic rings. The topological polar surface area (TPSA) is 57.4 Å². The summed E-state index contributed by atoms with van der Waals surface area (Å²) < 4.78 is 1.03. The summed E-state index contributed by atoms with van der Waals surface area (Å²) in [5, 5.41) is 0. The molecule has 5 heterocycles. The Kier molecular flexibility index (Phi) is 11.7. The molecule has 0 aliphatic carbocycles. The number of nitrogens with one attached hydrogen (secondary N) is 2. The quantitative estimate of drug-likeness (QED) is 0.136. The number of rotatable bonds is 4. The summed E-state index contributed by atoms with van der Waals surface area (Å²) in [7, 11) is -1.54. The van der Waals surface area contributed by atoms with E-state index in [0.717, 1.165) is 88.3 Å². The maximum absolute atomic E-state index is 5.56. The Morgan fingerprint density at radius 1 is 0.452 bits per heavy atom. The molecule has 0 spiro atoms. The molecule has 0 unspecified atom stereocenters. The molecule has 0 atom stereocenters. The zero-order valence-electron chi connectivity index (χ0n) is 37.0. The molecule has 2 aliphatic rings. The molecule has 8 bridgehead atoms. The Bertz CT molecular complexity index is 3140. The van der Waals surface area contributed by atoms with Crippen molar-refractivity contribution in [1.82, 2.24) is 19.9 Å². The van der Waals surface area contributed by atoms with Gasteiger partial charge in [0, 0.05) is 73.8 Å². The molecule has 3 aromatic heterocycles. The van der Waals surface area contributed by atoms with E-state index < -0.39 is 8.07 Å². The third kappa shape index (κ3) is 8.32. The van der Waals surface area contributed by atoms with Gasteiger partial charge in [0.05, 0.1) is 22.8 Å². The normalized spacial score (nSPS) is 12.0. The summed E-state index contributed by atoms with van der Waals surface area (Å²) in [4.78, 5) is 19.0. The summed E-state index contributed by atoms with van der Waals surface area (Å²) in [5.41, 5.74) is 28.1. The fraction of sp³-hybridized carbons (Fsp3) is 0.164. The molecule has 2 N–H and O–H groups in total.